The van der Waals surface area contributed by atoms with E-state index in [-0.39, 0.29) is 0 Å². The fourth-order valence-corrected chi connectivity index (χ4v) is 2.29. The van der Waals surface area contributed by atoms with Crippen LogP contribution in [0.1, 0.15) is 43.5 Å². The molecular weight excluding hydrogens is 222 g/mol. The molecule has 0 saturated carbocycles. The zero-order valence-corrected chi connectivity index (χ0v) is 10.4. The van der Waals surface area contributed by atoms with Crippen LogP contribution in [-0.2, 0) is 4.79 Å². The Morgan fingerprint density at radius 3 is 2.94 bits per heavy atom. The Labute approximate surface area is 100 Å². The molecule has 1 atom stereocenters. The van der Waals surface area contributed by atoms with Crippen LogP contribution < -0.4 is 5.32 Å². The Morgan fingerprint density at radius 1 is 1.50 bits per heavy atom. The van der Waals surface area contributed by atoms with Gasteiger partial charge in [-0.1, -0.05) is 12.5 Å². The van der Waals surface area contributed by atoms with Crippen LogP contribution in [0.3, 0.4) is 0 Å². The first-order valence-electron chi connectivity index (χ1n) is 5.68. The third-order valence-electron chi connectivity index (χ3n) is 2.49. The van der Waals surface area contributed by atoms with Crippen LogP contribution in [-0.4, -0.2) is 17.6 Å². The lowest BCUT2D eigenvalue weighted by Gasteiger charge is -2.11. The molecule has 1 aromatic rings. The maximum Gasteiger partial charge on any atom is 0.303 e. The van der Waals surface area contributed by atoms with Gasteiger partial charge in [-0.25, -0.2) is 0 Å². The SMILES string of the molecule is C[C@@H](NCCCCCC(=O)O)c1cccs1. The molecule has 0 aromatic carbocycles. The average molecular weight is 241 g/mol. The highest BCUT2D eigenvalue weighted by Crippen LogP contribution is 2.17. The molecule has 1 heterocycles. The van der Waals surface area contributed by atoms with Crippen LogP contribution in [0.5, 0.6) is 0 Å². The maximum atomic E-state index is 10.3. The van der Waals surface area contributed by atoms with Gasteiger partial charge in [0.2, 0.25) is 0 Å². The van der Waals surface area contributed by atoms with Gasteiger partial charge in [0.1, 0.15) is 0 Å². The number of aliphatic carboxylic acids is 1. The van der Waals surface area contributed by atoms with E-state index in [4.69, 9.17) is 5.11 Å². The second-order valence-electron chi connectivity index (χ2n) is 3.90. The topological polar surface area (TPSA) is 49.3 Å². The van der Waals surface area contributed by atoms with Gasteiger partial charge in [0.25, 0.3) is 0 Å². The van der Waals surface area contributed by atoms with Gasteiger partial charge in [0.05, 0.1) is 0 Å². The highest BCUT2D eigenvalue weighted by molar-refractivity contribution is 7.10. The van der Waals surface area contributed by atoms with Crippen molar-refractivity contribution in [2.45, 2.75) is 38.6 Å². The average Bonchev–Trinajstić information content (AvgIpc) is 2.75. The summed E-state index contributed by atoms with van der Waals surface area (Å²) in [6.45, 7) is 3.11. The summed E-state index contributed by atoms with van der Waals surface area (Å²) in [5.74, 6) is -0.695. The lowest BCUT2D eigenvalue weighted by Crippen LogP contribution is -2.18. The zero-order valence-electron chi connectivity index (χ0n) is 9.61. The van der Waals surface area contributed by atoms with Crippen molar-refractivity contribution in [3.63, 3.8) is 0 Å². The molecule has 0 aliphatic rings. The second-order valence-corrected chi connectivity index (χ2v) is 4.87. The van der Waals surface area contributed by atoms with Gasteiger partial charge in [0, 0.05) is 17.3 Å². The Morgan fingerprint density at radius 2 is 2.31 bits per heavy atom. The van der Waals surface area contributed by atoms with Crippen molar-refractivity contribution in [3.8, 4) is 0 Å². The smallest absolute Gasteiger partial charge is 0.303 e. The van der Waals surface area contributed by atoms with Crippen molar-refractivity contribution in [1.82, 2.24) is 5.32 Å². The van der Waals surface area contributed by atoms with Crippen molar-refractivity contribution in [3.05, 3.63) is 22.4 Å². The highest BCUT2D eigenvalue weighted by atomic mass is 32.1. The van der Waals surface area contributed by atoms with Crippen LogP contribution in [0.15, 0.2) is 17.5 Å². The molecule has 0 bridgehead atoms. The summed E-state index contributed by atoms with van der Waals surface area (Å²) >= 11 is 1.76. The van der Waals surface area contributed by atoms with Crippen LogP contribution >= 0.6 is 11.3 Å². The number of hydrogen-bond acceptors (Lipinski definition) is 3. The van der Waals surface area contributed by atoms with Gasteiger partial charge in [-0.3, -0.25) is 4.79 Å². The Bertz CT molecular complexity index is 298. The number of thiophene rings is 1. The number of carboxylic acid groups (broad SMARTS) is 1. The van der Waals surface area contributed by atoms with E-state index in [0.717, 1.165) is 25.8 Å². The molecule has 0 spiro atoms. The molecule has 3 nitrogen and oxygen atoms in total. The van der Waals surface area contributed by atoms with Crippen molar-refractivity contribution < 1.29 is 9.90 Å². The van der Waals surface area contributed by atoms with E-state index in [1.54, 1.807) is 11.3 Å². The number of nitrogens with one attached hydrogen (secondary N) is 1. The summed E-state index contributed by atoms with van der Waals surface area (Å²) in [5, 5.41) is 14.0. The monoisotopic (exact) mass is 241 g/mol. The molecule has 1 rings (SSSR count). The molecule has 0 aliphatic carbocycles. The summed E-state index contributed by atoms with van der Waals surface area (Å²) in [6, 6.07) is 4.59. The molecule has 0 aliphatic heterocycles. The van der Waals surface area contributed by atoms with Crippen LogP contribution in [0.4, 0.5) is 0 Å². The Balaban J connectivity index is 2.01. The number of carboxylic acids is 1. The van der Waals surface area contributed by atoms with E-state index < -0.39 is 5.97 Å². The normalized spacial score (nSPS) is 12.6. The first-order valence-corrected chi connectivity index (χ1v) is 6.56. The maximum absolute atomic E-state index is 10.3. The van der Waals surface area contributed by atoms with Crippen molar-refractivity contribution in [2.24, 2.45) is 0 Å². The Hall–Kier alpha value is -0.870. The lowest BCUT2D eigenvalue weighted by molar-refractivity contribution is -0.137. The highest BCUT2D eigenvalue weighted by Gasteiger charge is 2.04. The zero-order chi connectivity index (χ0) is 11.8. The molecule has 1 aromatic heterocycles. The summed E-state index contributed by atoms with van der Waals surface area (Å²) < 4.78 is 0. The fourth-order valence-electron chi connectivity index (χ4n) is 1.53. The lowest BCUT2D eigenvalue weighted by atomic mass is 10.2. The third-order valence-corrected chi connectivity index (χ3v) is 3.54. The summed E-state index contributed by atoms with van der Waals surface area (Å²) in [4.78, 5) is 11.6. The molecule has 0 amide bonds. The molecule has 90 valence electrons. The first kappa shape index (κ1) is 13.2. The molecule has 0 saturated heterocycles. The molecular formula is C12H19NO2S. The van der Waals surface area contributed by atoms with E-state index in [0.29, 0.717) is 12.5 Å². The summed E-state index contributed by atoms with van der Waals surface area (Å²) in [7, 11) is 0. The van der Waals surface area contributed by atoms with Gasteiger partial charge in [0.15, 0.2) is 0 Å². The van der Waals surface area contributed by atoms with Gasteiger partial charge < -0.3 is 10.4 Å². The molecule has 2 N–H and O–H groups in total. The number of carbonyl (C=O) groups is 1. The van der Waals surface area contributed by atoms with E-state index in [2.05, 4.69) is 29.8 Å². The van der Waals surface area contributed by atoms with Crippen LogP contribution in [0.2, 0.25) is 0 Å². The third kappa shape index (κ3) is 5.28. The van der Waals surface area contributed by atoms with Crippen LogP contribution in [0, 0.1) is 0 Å². The predicted octanol–water partition coefficient (Wildman–Crippen LogP) is 3.04. The van der Waals surface area contributed by atoms with Crippen molar-refractivity contribution in [2.75, 3.05) is 6.54 Å². The molecule has 16 heavy (non-hydrogen) atoms. The Kier molecular flexibility index (Phi) is 6.11. The predicted molar refractivity (Wildman–Crippen MR) is 66.8 cm³/mol. The van der Waals surface area contributed by atoms with Crippen LogP contribution in [0.25, 0.3) is 0 Å². The summed E-state index contributed by atoms with van der Waals surface area (Å²) in [6.07, 6.45) is 3.10. The molecule has 4 heteroatoms. The minimum Gasteiger partial charge on any atom is -0.481 e. The van der Waals surface area contributed by atoms with E-state index in [1.165, 1.54) is 4.88 Å². The number of rotatable bonds is 8. The molecule has 0 unspecified atom stereocenters. The summed E-state index contributed by atoms with van der Waals surface area (Å²) in [5.41, 5.74) is 0. The van der Waals surface area contributed by atoms with E-state index >= 15 is 0 Å². The van der Waals surface area contributed by atoms with Gasteiger partial charge in [-0.15, -0.1) is 11.3 Å². The fraction of sp³-hybridized carbons (Fsp3) is 0.583. The molecule has 0 radical (unpaired) electrons. The van der Waals surface area contributed by atoms with E-state index in [9.17, 15) is 4.79 Å². The number of hydrogen-bond donors (Lipinski definition) is 2. The minimum absolute atomic E-state index is 0.292. The second kappa shape index (κ2) is 7.41. The molecule has 0 fully saturated rings. The van der Waals surface area contributed by atoms with E-state index in [1.807, 2.05) is 0 Å². The quantitative estimate of drug-likeness (QED) is 0.688. The largest absolute Gasteiger partial charge is 0.481 e. The van der Waals surface area contributed by atoms with Gasteiger partial charge >= 0.3 is 5.97 Å². The van der Waals surface area contributed by atoms with Gasteiger partial charge in [-0.2, -0.15) is 0 Å². The van der Waals surface area contributed by atoms with Crippen molar-refractivity contribution in [1.29, 1.82) is 0 Å². The number of unbranched alkanes of at least 4 members (excludes halogenated alkanes) is 2. The minimum atomic E-state index is -0.695. The van der Waals surface area contributed by atoms with Crippen molar-refractivity contribution >= 4 is 17.3 Å². The van der Waals surface area contributed by atoms with Gasteiger partial charge in [-0.05, 0) is 37.8 Å². The first-order chi connectivity index (χ1) is 7.70. The standard InChI is InChI=1S/C12H19NO2S/c1-10(11-6-5-9-16-11)13-8-4-2-3-7-12(14)15/h5-6,9-10,13H,2-4,7-8H2,1H3,(H,14,15)/t10-/m1/s1.